The van der Waals surface area contributed by atoms with Crippen LogP contribution in [0.25, 0.3) is 0 Å². The van der Waals surface area contributed by atoms with E-state index in [0.717, 1.165) is 12.8 Å². The van der Waals surface area contributed by atoms with Crippen molar-refractivity contribution in [1.29, 1.82) is 0 Å². The van der Waals surface area contributed by atoms with Gasteiger partial charge < -0.3 is 0 Å². The Morgan fingerprint density at radius 1 is 1.08 bits per heavy atom. The molecule has 0 bridgehead atoms. The van der Waals surface area contributed by atoms with Gasteiger partial charge in [-0.25, -0.2) is 0 Å². The van der Waals surface area contributed by atoms with E-state index in [-0.39, 0.29) is 11.8 Å². The van der Waals surface area contributed by atoms with Crippen LogP contribution < -0.4 is 5.32 Å². The standard InChI is InChI=1S/C9H14N2O2/c12-8-5-11(6-9(13)10-8)7-3-1-2-4-7/h7H,1-6H2,(H,10,12,13). The topological polar surface area (TPSA) is 49.4 Å². The van der Waals surface area contributed by atoms with Crippen LogP contribution >= 0.6 is 0 Å². The summed E-state index contributed by atoms with van der Waals surface area (Å²) in [5.74, 6) is -0.300. The molecule has 0 aromatic heterocycles. The Morgan fingerprint density at radius 2 is 1.62 bits per heavy atom. The van der Waals surface area contributed by atoms with Crippen LogP contribution in [0, 0.1) is 0 Å². The van der Waals surface area contributed by atoms with Gasteiger partial charge in [-0.3, -0.25) is 19.8 Å². The van der Waals surface area contributed by atoms with E-state index < -0.39 is 0 Å². The highest BCUT2D eigenvalue weighted by molar-refractivity contribution is 5.99. The van der Waals surface area contributed by atoms with E-state index in [9.17, 15) is 9.59 Å². The number of rotatable bonds is 1. The third kappa shape index (κ3) is 1.88. The van der Waals surface area contributed by atoms with Crippen molar-refractivity contribution in [2.75, 3.05) is 13.1 Å². The fourth-order valence-electron chi connectivity index (χ4n) is 2.19. The molecule has 1 heterocycles. The van der Waals surface area contributed by atoms with Crippen molar-refractivity contribution in [3.63, 3.8) is 0 Å². The number of hydrogen-bond acceptors (Lipinski definition) is 3. The van der Waals surface area contributed by atoms with Gasteiger partial charge >= 0.3 is 0 Å². The molecule has 1 aliphatic heterocycles. The zero-order chi connectivity index (χ0) is 9.26. The molecule has 1 N–H and O–H groups in total. The molecule has 4 heteroatoms. The van der Waals surface area contributed by atoms with Crippen molar-refractivity contribution >= 4 is 11.8 Å². The summed E-state index contributed by atoms with van der Waals surface area (Å²) in [7, 11) is 0. The molecule has 1 saturated carbocycles. The lowest BCUT2D eigenvalue weighted by atomic mass is 10.2. The van der Waals surface area contributed by atoms with Crippen LogP contribution in [-0.2, 0) is 9.59 Å². The van der Waals surface area contributed by atoms with Crippen molar-refractivity contribution in [1.82, 2.24) is 10.2 Å². The number of nitrogens with zero attached hydrogens (tertiary/aromatic N) is 1. The summed E-state index contributed by atoms with van der Waals surface area (Å²) in [6.45, 7) is 0.798. The van der Waals surface area contributed by atoms with E-state index in [2.05, 4.69) is 5.32 Å². The molecule has 0 aromatic rings. The van der Waals surface area contributed by atoms with Gasteiger partial charge in [0.25, 0.3) is 0 Å². The highest BCUT2D eigenvalue weighted by atomic mass is 16.2. The van der Waals surface area contributed by atoms with Gasteiger partial charge in [0.1, 0.15) is 0 Å². The molecule has 2 aliphatic rings. The van der Waals surface area contributed by atoms with Gasteiger partial charge in [0.05, 0.1) is 13.1 Å². The Bertz CT molecular complexity index is 218. The quantitative estimate of drug-likeness (QED) is 0.575. The predicted octanol–water partition coefficient (Wildman–Crippen LogP) is -0.113. The number of amides is 2. The molecule has 4 nitrogen and oxygen atoms in total. The number of hydrogen-bond donors (Lipinski definition) is 1. The Kier molecular flexibility index (Phi) is 2.31. The van der Waals surface area contributed by atoms with Crippen molar-refractivity contribution in [2.24, 2.45) is 0 Å². The van der Waals surface area contributed by atoms with Gasteiger partial charge in [0, 0.05) is 6.04 Å². The summed E-state index contributed by atoms with van der Waals surface area (Å²) < 4.78 is 0. The Labute approximate surface area is 77.3 Å². The maximum absolute atomic E-state index is 11.1. The van der Waals surface area contributed by atoms with Crippen LogP contribution in [-0.4, -0.2) is 35.8 Å². The fourth-order valence-corrected chi connectivity index (χ4v) is 2.19. The third-order valence-corrected chi connectivity index (χ3v) is 2.81. The number of nitrogens with one attached hydrogen (secondary N) is 1. The molecule has 2 fully saturated rings. The average Bonchev–Trinajstić information content (AvgIpc) is 2.53. The second-order valence-corrected chi connectivity index (χ2v) is 3.81. The normalized spacial score (nSPS) is 26.5. The van der Waals surface area contributed by atoms with Crippen LogP contribution in [0.2, 0.25) is 0 Å². The van der Waals surface area contributed by atoms with Crippen molar-refractivity contribution in [3.05, 3.63) is 0 Å². The van der Waals surface area contributed by atoms with E-state index in [0.29, 0.717) is 19.1 Å². The lowest BCUT2D eigenvalue weighted by Crippen LogP contribution is -2.54. The average molecular weight is 182 g/mol. The Morgan fingerprint density at radius 3 is 2.15 bits per heavy atom. The van der Waals surface area contributed by atoms with E-state index >= 15 is 0 Å². The molecule has 72 valence electrons. The number of piperazine rings is 1. The second kappa shape index (κ2) is 3.46. The lowest BCUT2D eigenvalue weighted by molar-refractivity contribution is -0.137. The first kappa shape index (κ1) is 8.69. The Hall–Kier alpha value is -0.900. The first-order chi connectivity index (χ1) is 6.25. The first-order valence-corrected chi connectivity index (χ1v) is 4.82. The third-order valence-electron chi connectivity index (χ3n) is 2.81. The van der Waals surface area contributed by atoms with Crippen LogP contribution in [0.1, 0.15) is 25.7 Å². The maximum Gasteiger partial charge on any atom is 0.240 e. The van der Waals surface area contributed by atoms with Gasteiger partial charge in [-0.2, -0.15) is 0 Å². The number of imide groups is 1. The summed E-state index contributed by atoms with van der Waals surface area (Å²) in [6, 6.07) is 0.468. The van der Waals surface area contributed by atoms with Crippen molar-refractivity contribution in [2.45, 2.75) is 31.7 Å². The summed E-state index contributed by atoms with van der Waals surface area (Å²) in [5, 5.41) is 2.31. The van der Waals surface area contributed by atoms with Crippen LogP contribution in [0.5, 0.6) is 0 Å². The largest absolute Gasteiger partial charge is 0.294 e. The zero-order valence-electron chi connectivity index (χ0n) is 7.58. The molecule has 13 heavy (non-hydrogen) atoms. The monoisotopic (exact) mass is 182 g/mol. The second-order valence-electron chi connectivity index (χ2n) is 3.81. The van der Waals surface area contributed by atoms with E-state index in [1.807, 2.05) is 4.90 Å². The van der Waals surface area contributed by atoms with Gasteiger partial charge in [0.15, 0.2) is 0 Å². The zero-order valence-corrected chi connectivity index (χ0v) is 7.58. The molecule has 0 unspecified atom stereocenters. The minimum atomic E-state index is -0.150. The molecule has 0 aromatic carbocycles. The van der Waals surface area contributed by atoms with E-state index in [4.69, 9.17) is 0 Å². The number of carbonyl (C=O) groups excluding carboxylic acids is 2. The molecule has 1 aliphatic carbocycles. The SMILES string of the molecule is O=C1CN(C2CCCC2)CC(=O)N1. The smallest absolute Gasteiger partial charge is 0.240 e. The lowest BCUT2D eigenvalue weighted by Gasteiger charge is -2.30. The molecule has 2 amide bonds. The minimum absolute atomic E-state index is 0.150. The van der Waals surface area contributed by atoms with Gasteiger partial charge in [-0.05, 0) is 12.8 Å². The molecule has 2 rings (SSSR count). The minimum Gasteiger partial charge on any atom is -0.294 e. The van der Waals surface area contributed by atoms with Crippen LogP contribution in [0.4, 0.5) is 0 Å². The van der Waals surface area contributed by atoms with Gasteiger partial charge in [-0.15, -0.1) is 0 Å². The summed E-state index contributed by atoms with van der Waals surface area (Å²) >= 11 is 0. The van der Waals surface area contributed by atoms with Gasteiger partial charge in [0.2, 0.25) is 11.8 Å². The van der Waals surface area contributed by atoms with Crippen LogP contribution in [0.3, 0.4) is 0 Å². The van der Waals surface area contributed by atoms with Crippen molar-refractivity contribution in [3.8, 4) is 0 Å². The highest BCUT2D eigenvalue weighted by Gasteiger charge is 2.29. The maximum atomic E-state index is 11.1. The fraction of sp³-hybridized carbons (Fsp3) is 0.778. The first-order valence-electron chi connectivity index (χ1n) is 4.82. The van der Waals surface area contributed by atoms with Crippen molar-refractivity contribution < 1.29 is 9.59 Å². The predicted molar refractivity (Wildman–Crippen MR) is 47.0 cm³/mol. The summed E-state index contributed by atoms with van der Waals surface area (Å²) in [6.07, 6.45) is 4.75. The molecular weight excluding hydrogens is 168 g/mol. The molecule has 0 radical (unpaired) electrons. The molecular formula is C9H14N2O2. The molecule has 0 spiro atoms. The summed E-state index contributed by atoms with van der Waals surface area (Å²) in [4.78, 5) is 24.1. The highest BCUT2D eigenvalue weighted by Crippen LogP contribution is 2.23. The number of carbonyl (C=O) groups is 2. The molecule has 1 saturated heterocycles. The summed E-state index contributed by atoms with van der Waals surface area (Å²) in [5.41, 5.74) is 0. The van der Waals surface area contributed by atoms with Crippen LogP contribution in [0.15, 0.2) is 0 Å². The Balaban J connectivity index is 1.97. The van der Waals surface area contributed by atoms with E-state index in [1.165, 1.54) is 12.8 Å². The van der Waals surface area contributed by atoms with E-state index in [1.54, 1.807) is 0 Å². The molecule has 0 atom stereocenters. The van der Waals surface area contributed by atoms with Gasteiger partial charge in [-0.1, -0.05) is 12.8 Å².